The van der Waals surface area contributed by atoms with Crippen LogP contribution in [-0.4, -0.2) is 24.0 Å². The molecule has 0 bridgehead atoms. The van der Waals surface area contributed by atoms with E-state index in [1.807, 2.05) is 6.20 Å². The van der Waals surface area contributed by atoms with Gasteiger partial charge in [0.15, 0.2) is 0 Å². The molecule has 6 heteroatoms. The number of amides is 1. The third-order valence-corrected chi connectivity index (χ3v) is 4.22. The lowest BCUT2D eigenvalue weighted by Gasteiger charge is -2.21. The van der Waals surface area contributed by atoms with Crippen molar-refractivity contribution in [2.24, 2.45) is 5.92 Å². The molecule has 2 heterocycles. The summed E-state index contributed by atoms with van der Waals surface area (Å²) in [5, 5.41) is 7.26. The molecule has 1 aliphatic rings. The molecule has 2 N–H and O–H groups in total. The quantitative estimate of drug-likeness (QED) is 0.888. The van der Waals surface area contributed by atoms with Crippen LogP contribution in [-0.2, 0) is 17.8 Å². The summed E-state index contributed by atoms with van der Waals surface area (Å²) in [4.78, 5) is 17.5. The number of aromatic nitrogens is 1. The summed E-state index contributed by atoms with van der Waals surface area (Å²) in [7, 11) is 0. The van der Waals surface area contributed by atoms with E-state index in [4.69, 9.17) is 0 Å². The fourth-order valence-electron chi connectivity index (χ4n) is 1.98. The third kappa shape index (κ3) is 4.23. The smallest absolute Gasteiger partial charge is 0.223 e. The summed E-state index contributed by atoms with van der Waals surface area (Å²) in [6, 6.07) is 0. The maximum Gasteiger partial charge on any atom is 0.223 e. The summed E-state index contributed by atoms with van der Waals surface area (Å²) in [5.74, 6) is 0.363. The van der Waals surface area contributed by atoms with Gasteiger partial charge < -0.3 is 10.6 Å². The molecular weight excluding hydrogens is 270 g/mol. The zero-order valence-corrected chi connectivity index (χ0v) is 12.2. The molecule has 1 aromatic heterocycles. The number of carbonyl (C=O) groups excluding carboxylic acids is 1. The van der Waals surface area contributed by atoms with E-state index in [1.165, 1.54) is 4.88 Å². The number of carbonyl (C=O) groups is 1. The van der Waals surface area contributed by atoms with Gasteiger partial charge in [0.05, 0.1) is 6.54 Å². The Hall–Kier alpha value is -0.650. The lowest BCUT2D eigenvalue weighted by Crippen LogP contribution is -2.37. The van der Waals surface area contributed by atoms with Gasteiger partial charge in [-0.05, 0) is 32.4 Å². The summed E-state index contributed by atoms with van der Waals surface area (Å²) < 4.78 is 0. The molecule has 0 spiro atoms. The molecule has 4 nitrogen and oxygen atoms in total. The van der Waals surface area contributed by atoms with Gasteiger partial charge in [0.25, 0.3) is 0 Å². The molecule has 0 radical (unpaired) electrons. The first-order valence-corrected chi connectivity index (χ1v) is 7.03. The van der Waals surface area contributed by atoms with Crippen LogP contribution in [0.2, 0.25) is 0 Å². The summed E-state index contributed by atoms with van der Waals surface area (Å²) in [5.41, 5.74) is 0. The van der Waals surface area contributed by atoms with Crippen LogP contribution in [0.25, 0.3) is 0 Å². The molecule has 1 amide bonds. The molecule has 102 valence electrons. The predicted octanol–water partition coefficient (Wildman–Crippen LogP) is 1.74. The van der Waals surface area contributed by atoms with E-state index in [0.29, 0.717) is 6.54 Å². The van der Waals surface area contributed by atoms with Gasteiger partial charge >= 0.3 is 0 Å². The van der Waals surface area contributed by atoms with Crippen molar-refractivity contribution < 1.29 is 4.79 Å². The molecule has 2 rings (SSSR count). The minimum Gasteiger partial charge on any atom is -0.349 e. The number of rotatable bonds is 4. The van der Waals surface area contributed by atoms with Crippen LogP contribution in [0.15, 0.2) is 6.20 Å². The fraction of sp³-hybridized carbons (Fsp3) is 0.667. The first kappa shape index (κ1) is 15.4. The highest BCUT2D eigenvalue weighted by Gasteiger charge is 2.20. The van der Waals surface area contributed by atoms with E-state index in [9.17, 15) is 4.79 Å². The molecule has 1 aliphatic heterocycles. The van der Waals surface area contributed by atoms with Gasteiger partial charge in [-0.2, -0.15) is 0 Å². The van der Waals surface area contributed by atoms with Crippen molar-refractivity contribution in [1.29, 1.82) is 0 Å². The van der Waals surface area contributed by atoms with Crippen LogP contribution in [0.3, 0.4) is 0 Å². The standard InChI is InChI=1S/C12H19N3OS.ClH/c1-2-10-7-14-11(17-10)8-15-12(16)9-3-5-13-6-4-9;/h7,9,13H,2-6,8H2,1H3,(H,15,16);1H. The molecule has 1 fully saturated rings. The maximum atomic E-state index is 11.9. The molecule has 0 aliphatic carbocycles. The van der Waals surface area contributed by atoms with E-state index in [0.717, 1.165) is 37.4 Å². The van der Waals surface area contributed by atoms with Gasteiger partial charge in [-0.3, -0.25) is 4.79 Å². The molecule has 1 saturated heterocycles. The van der Waals surface area contributed by atoms with E-state index in [2.05, 4.69) is 22.5 Å². The van der Waals surface area contributed by atoms with Crippen molar-refractivity contribution in [3.63, 3.8) is 0 Å². The first-order valence-electron chi connectivity index (χ1n) is 6.21. The monoisotopic (exact) mass is 289 g/mol. The predicted molar refractivity (Wildman–Crippen MR) is 76.2 cm³/mol. The zero-order valence-electron chi connectivity index (χ0n) is 10.6. The number of hydrogen-bond donors (Lipinski definition) is 2. The summed E-state index contributed by atoms with van der Waals surface area (Å²) >= 11 is 1.68. The lowest BCUT2D eigenvalue weighted by molar-refractivity contribution is -0.125. The van der Waals surface area contributed by atoms with E-state index < -0.39 is 0 Å². The van der Waals surface area contributed by atoms with E-state index in [1.54, 1.807) is 11.3 Å². The normalized spacial score (nSPS) is 16.1. The van der Waals surface area contributed by atoms with Gasteiger partial charge in [0.1, 0.15) is 5.01 Å². The summed E-state index contributed by atoms with van der Waals surface area (Å²) in [6.07, 6.45) is 4.81. The fourth-order valence-corrected chi connectivity index (χ4v) is 2.79. The number of hydrogen-bond acceptors (Lipinski definition) is 4. The van der Waals surface area contributed by atoms with Crippen LogP contribution in [0.4, 0.5) is 0 Å². The van der Waals surface area contributed by atoms with Crippen molar-refractivity contribution >= 4 is 29.7 Å². The number of nitrogens with zero attached hydrogens (tertiary/aromatic N) is 1. The highest BCUT2D eigenvalue weighted by atomic mass is 35.5. The Morgan fingerprint density at radius 3 is 2.89 bits per heavy atom. The number of aryl methyl sites for hydroxylation is 1. The van der Waals surface area contributed by atoms with Crippen molar-refractivity contribution in [2.75, 3.05) is 13.1 Å². The van der Waals surface area contributed by atoms with Gasteiger partial charge in [-0.15, -0.1) is 23.7 Å². The van der Waals surface area contributed by atoms with Crippen molar-refractivity contribution in [2.45, 2.75) is 32.7 Å². The van der Waals surface area contributed by atoms with Crippen LogP contribution in [0, 0.1) is 5.92 Å². The Balaban J connectivity index is 0.00000162. The maximum absolute atomic E-state index is 11.9. The van der Waals surface area contributed by atoms with Gasteiger partial charge in [0.2, 0.25) is 5.91 Å². The van der Waals surface area contributed by atoms with E-state index >= 15 is 0 Å². The van der Waals surface area contributed by atoms with Crippen molar-refractivity contribution in [3.8, 4) is 0 Å². The van der Waals surface area contributed by atoms with Crippen LogP contribution >= 0.6 is 23.7 Å². The highest BCUT2D eigenvalue weighted by Crippen LogP contribution is 2.14. The molecular formula is C12H20ClN3OS. The first-order chi connectivity index (χ1) is 8.29. The van der Waals surface area contributed by atoms with Gasteiger partial charge in [-0.25, -0.2) is 4.98 Å². The Bertz CT molecular complexity index is 377. The largest absolute Gasteiger partial charge is 0.349 e. The summed E-state index contributed by atoms with van der Waals surface area (Å²) in [6.45, 7) is 4.60. The average Bonchev–Trinajstić information content (AvgIpc) is 2.85. The Labute approximate surface area is 118 Å². The zero-order chi connectivity index (χ0) is 12.1. The molecule has 0 saturated carbocycles. The average molecular weight is 290 g/mol. The minimum absolute atomic E-state index is 0. The molecule has 0 unspecified atom stereocenters. The Kier molecular flexibility index (Phi) is 6.60. The second kappa shape index (κ2) is 7.71. The van der Waals surface area contributed by atoms with Gasteiger partial charge in [-0.1, -0.05) is 6.92 Å². The Morgan fingerprint density at radius 1 is 1.56 bits per heavy atom. The highest BCUT2D eigenvalue weighted by molar-refractivity contribution is 7.11. The molecule has 0 atom stereocenters. The SMILES string of the molecule is CCc1cnc(CNC(=O)C2CCNCC2)s1.Cl. The van der Waals surface area contributed by atoms with Crippen LogP contribution in [0.5, 0.6) is 0 Å². The van der Waals surface area contributed by atoms with Crippen molar-refractivity contribution in [3.05, 3.63) is 16.1 Å². The number of piperidine rings is 1. The number of thiazole rings is 1. The second-order valence-electron chi connectivity index (χ2n) is 4.32. The topological polar surface area (TPSA) is 54.0 Å². The van der Waals surface area contributed by atoms with Crippen molar-refractivity contribution in [1.82, 2.24) is 15.6 Å². The molecule has 0 aromatic carbocycles. The van der Waals surface area contributed by atoms with E-state index in [-0.39, 0.29) is 24.2 Å². The van der Waals surface area contributed by atoms with Gasteiger partial charge in [0, 0.05) is 17.0 Å². The molecule has 18 heavy (non-hydrogen) atoms. The lowest BCUT2D eigenvalue weighted by atomic mass is 9.97. The number of nitrogens with one attached hydrogen (secondary N) is 2. The Morgan fingerprint density at radius 2 is 2.28 bits per heavy atom. The van der Waals surface area contributed by atoms with Crippen LogP contribution in [0.1, 0.15) is 29.7 Å². The molecule has 1 aromatic rings. The second-order valence-corrected chi connectivity index (χ2v) is 5.52. The van der Waals surface area contributed by atoms with Crippen LogP contribution < -0.4 is 10.6 Å². The third-order valence-electron chi connectivity index (χ3n) is 3.07. The minimum atomic E-state index is 0. The number of halogens is 1.